The van der Waals surface area contributed by atoms with Crippen LogP contribution in [0.5, 0.6) is 0 Å². The molecule has 2 aromatic carbocycles. The van der Waals surface area contributed by atoms with Crippen LogP contribution in [-0.4, -0.2) is 64.6 Å². The van der Waals surface area contributed by atoms with Gasteiger partial charge >= 0.3 is 5.97 Å². The molecule has 5 nitrogen and oxygen atoms in total. The van der Waals surface area contributed by atoms with Crippen molar-refractivity contribution >= 4 is 54.5 Å². The first-order valence-electron chi connectivity index (χ1n) is 15.9. The molecule has 47 heavy (non-hydrogen) atoms. The maximum atomic E-state index is 14.3. The Hall–Kier alpha value is -1.88. The molecule has 12 heteroatoms. The number of thiazole rings is 1. The third-order valence-electron chi connectivity index (χ3n) is 9.74. The number of piperidine rings is 1. The van der Waals surface area contributed by atoms with Gasteiger partial charge in [0.25, 0.3) is 0 Å². The van der Waals surface area contributed by atoms with Gasteiger partial charge in [-0.25, -0.2) is 18.2 Å². The molecule has 0 amide bonds. The smallest absolute Gasteiger partial charge is 0.321 e. The van der Waals surface area contributed by atoms with Crippen LogP contribution in [0, 0.1) is 29.3 Å². The molecule has 0 spiro atoms. The fourth-order valence-corrected chi connectivity index (χ4v) is 8.89. The predicted molar refractivity (Wildman–Crippen MR) is 190 cm³/mol. The molecular weight excluding hydrogens is 690 g/mol. The minimum absolute atomic E-state index is 0. The molecule has 2 fully saturated rings. The molecule has 1 aliphatic carbocycles. The zero-order chi connectivity index (χ0) is 31.5. The van der Waals surface area contributed by atoms with Crippen LogP contribution in [0.3, 0.4) is 0 Å². The van der Waals surface area contributed by atoms with E-state index in [4.69, 9.17) is 4.98 Å². The first-order chi connectivity index (χ1) is 21.0. The maximum absolute atomic E-state index is 14.3. The van der Waals surface area contributed by atoms with Crippen LogP contribution in [0.4, 0.5) is 13.2 Å². The second kappa shape index (κ2) is 18.2. The van der Waals surface area contributed by atoms with E-state index in [1.165, 1.54) is 23.1 Å². The minimum Gasteiger partial charge on any atom is -0.480 e. The highest BCUT2D eigenvalue weighted by Crippen LogP contribution is 2.44. The summed E-state index contributed by atoms with van der Waals surface area (Å²) in [7, 11) is 1.93. The van der Waals surface area contributed by atoms with Crippen molar-refractivity contribution in [1.29, 1.82) is 0 Å². The Balaban J connectivity index is 0.00000256. The summed E-state index contributed by atoms with van der Waals surface area (Å²) in [4.78, 5) is 22.9. The van der Waals surface area contributed by atoms with E-state index in [9.17, 15) is 23.1 Å². The number of rotatable bonds is 11. The largest absolute Gasteiger partial charge is 0.480 e. The average molecular weight is 737 g/mol. The van der Waals surface area contributed by atoms with Crippen LogP contribution in [0.15, 0.2) is 42.5 Å². The molecule has 3 unspecified atom stereocenters. The van der Waals surface area contributed by atoms with E-state index in [0.717, 1.165) is 73.6 Å². The highest BCUT2D eigenvalue weighted by atomic mass is 35.5. The number of carbonyl (C=O) groups is 1. The second-order valence-corrected chi connectivity index (χ2v) is 14.1. The molecule has 1 aliphatic heterocycles. The third kappa shape index (κ3) is 9.86. The Morgan fingerprint density at radius 3 is 2.34 bits per heavy atom. The van der Waals surface area contributed by atoms with Crippen LogP contribution >= 0.6 is 48.6 Å². The van der Waals surface area contributed by atoms with Crippen LogP contribution < -0.4 is 0 Å². The minimum atomic E-state index is -0.836. The summed E-state index contributed by atoms with van der Waals surface area (Å²) in [5.41, 5.74) is 2.83. The summed E-state index contributed by atoms with van der Waals surface area (Å²) in [6.45, 7) is 8.84. The van der Waals surface area contributed by atoms with Crippen molar-refractivity contribution in [2.75, 3.05) is 26.7 Å². The quantitative estimate of drug-likeness (QED) is 0.214. The highest BCUT2D eigenvalue weighted by Gasteiger charge is 2.42. The number of aromatic nitrogens is 1. The predicted octanol–water partition coefficient (Wildman–Crippen LogP) is 8.76. The van der Waals surface area contributed by atoms with Crippen molar-refractivity contribution in [1.82, 2.24) is 14.8 Å². The SMILES string of the molecule is CCc1nc(Cc2ccc(F)c(F)c2)sc1C1CCN(CC2CC(N(C)[C@@H](C(=O)O)C(C)C)CC2c2cccc(F)c2)CC1.Cl.Cl.Cl. The number of nitrogens with zero attached hydrogens (tertiary/aromatic N) is 3. The number of likely N-dealkylation sites (tertiary alicyclic amines) is 1. The van der Waals surface area contributed by atoms with Crippen LogP contribution in [0.1, 0.15) is 85.0 Å². The molecule has 262 valence electrons. The maximum Gasteiger partial charge on any atom is 0.321 e. The summed E-state index contributed by atoms with van der Waals surface area (Å²) in [5.74, 6) is -1.81. The van der Waals surface area contributed by atoms with Crippen molar-refractivity contribution in [2.45, 2.75) is 83.2 Å². The number of hydrogen-bond acceptors (Lipinski definition) is 5. The molecule has 0 radical (unpaired) electrons. The van der Waals surface area contributed by atoms with Gasteiger partial charge in [-0.15, -0.1) is 48.6 Å². The Bertz CT molecular complexity index is 1450. The van der Waals surface area contributed by atoms with Crippen molar-refractivity contribution in [3.05, 3.63) is 86.6 Å². The number of aliphatic carboxylic acids is 1. The van der Waals surface area contributed by atoms with Crippen molar-refractivity contribution in [3.8, 4) is 0 Å². The van der Waals surface area contributed by atoms with Gasteiger partial charge in [0.15, 0.2) is 11.6 Å². The van der Waals surface area contributed by atoms with E-state index < -0.39 is 23.6 Å². The van der Waals surface area contributed by atoms with Gasteiger partial charge in [0.1, 0.15) is 11.9 Å². The number of aryl methyl sites for hydroxylation is 1. The summed E-state index contributed by atoms with van der Waals surface area (Å²) < 4.78 is 41.5. The van der Waals surface area contributed by atoms with E-state index in [2.05, 4.69) is 11.8 Å². The first-order valence-corrected chi connectivity index (χ1v) is 16.7. The number of hydrogen-bond donors (Lipinski definition) is 1. The Morgan fingerprint density at radius 1 is 1.04 bits per heavy atom. The van der Waals surface area contributed by atoms with Gasteiger partial charge in [0.2, 0.25) is 0 Å². The molecule has 0 bridgehead atoms. The third-order valence-corrected chi connectivity index (χ3v) is 11.0. The number of benzene rings is 2. The van der Waals surface area contributed by atoms with Crippen LogP contribution in [0.2, 0.25) is 0 Å². The lowest BCUT2D eigenvalue weighted by Crippen LogP contribution is -2.47. The zero-order valence-electron chi connectivity index (χ0n) is 27.3. The summed E-state index contributed by atoms with van der Waals surface area (Å²) >= 11 is 1.70. The lowest BCUT2D eigenvalue weighted by atomic mass is 9.87. The fraction of sp³-hybridized carbons (Fsp3) is 0.543. The Morgan fingerprint density at radius 2 is 1.74 bits per heavy atom. The van der Waals surface area contributed by atoms with Gasteiger partial charge in [-0.3, -0.25) is 9.69 Å². The monoisotopic (exact) mass is 735 g/mol. The highest BCUT2D eigenvalue weighted by molar-refractivity contribution is 7.11. The summed E-state index contributed by atoms with van der Waals surface area (Å²) in [5, 5.41) is 10.9. The van der Waals surface area contributed by atoms with Crippen molar-refractivity contribution < 1.29 is 23.1 Å². The van der Waals surface area contributed by atoms with E-state index in [1.807, 2.05) is 31.9 Å². The van der Waals surface area contributed by atoms with Gasteiger partial charge in [-0.2, -0.15) is 0 Å². The lowest BCUT2D eigenvalue weighted by Gasteiger charge is -2.35. The molecule has 1 saturated heterocycles. The van der Waals surface area contributed by atoms with Crippen LogP contribution in [-0.2, 0) is 17.6 Å². The molecule has 2 aliphatic rings. The first kappa shape index (κ1) is 41.3. The van der Waals surface area contributed by atoms with Gasteiger partial charge in [-0.1, -0.05) is 39.0 Å². The number of halogens is 6. The standard InChI is InChI=1S/C35H44F3N3O2S.3ClH/c1-5-31-34(44-32(39-31)16-22-9-10-29(37)30(38)15-22)23-11-13-41(14-12-23)20-25-18-27(40(4)33(21(2)3)35(42)43)19-28(25)24-7-6-8-26(36)17-24;;;/h6-10,15,17,21,23,25,27-28,33H,5,11-14,16,18-20H2,1-4H3,(H,42,43);3*1H/t25?,27?,28?,33-;;;/m1.../s1. The number of carboxylic acid groups (broad SMARTS) is 1. The van der Waals surface area contributed by atoms with Crippen molar-refractivity contribution in [3.63, 3.8) is 0 Å². The number of carboxylic acids is 1. The zero-order valence-corrected chi connectivity index (χ0v) is 30.6. The molecule has 1 saturated carbocycles. The number of likely N-dealkylation sites (N-methyl/N-ethyl adjacent to an activating group) is 1. The van der Waals surface area contributed by atoms with Gasteiger partial charge in [-0.05, 0) is 111 Å². The molecule has 5 rings (SSSR count). The molecule has 4 atom stereocenters. The van der Waals surface area contributed by atoms with E-state index in [1.54, 1.807) is 29.5 Å². The molecule has 2 heterocycles. The summed E-state index contributed by atoms with van der Waals surface area (Å²) in [6, 6.07) is 10.5. The van der Waals surface area contributed by atoms with E-state index >= 15 is 0 Å². The molecular formula is C35H47Cl3F3N3O2S. The molecule has 3 aromatic rings. The van der Waals surface area contributed by atoms with E-state index in [-0.39, 0.29) is 60.9 Å². The average Bonchev–Trinajstić information content (AvgIpc) is 3.59. The topological polar surface area (TPSA) is 56.7 Å². The van der Waals surface area contributed by atoms with Crippen LogP contribution in [0.25, 0.3) is 0 Å². The second-order valence-electron chi connectivity index (χ2n) is 13.0. The van der Waals surface area contributed by atoms with Crippen molar-refractivity contribution in [2.24, 2.45) is 11.8 Å². The fourth-order valence-electron chi connectivity index (χ4n) is 7.53. The van der Waals surface area contributed by atoms with Gasteiger partial charge in [0.05, 0.1) is 10.7 Å². The Labute approximate surface area is 299 Å². The Kier molecular flexibility index (Phi) is 16.0. The van der Waals surface area contributed by atoms with E-state index in [0.29, 0.717) is 18.3 Å². The lowest BCUT2D eigenvalue weighted by molar-refractivity contribution is -0.145. The normalized spacial score (nSPS) is 20.8. The molecule has 1 N–H and O–H groups in total. The molecule has 1 aromatic heterocycles. The van der Waals surface area contributed by atoms with Gasteiger partial charge < -0.3 is 10.0 Å². The summed E-state index contributed by atoms with van der Waals surface area (Å²) in [6.07, 6.45) is 5.08. The van der Waals surface area contributed by atoms with Gasteiger partial charge in [0, 0.05) is 23.9 Å².